The van der Waals surface area contributed by atoms with E-state index in [1.807, 2.05) is 25.1 Å². The maximum Gasteiger partial charge on any atom is 0.307 e. The molecular weight excluding hydrogens is 154 g/mol. The van der Waals surface area contributed by atoms with Gasteiger partial charge in [-0.05, 0) is 18.6 Å². The van der Waals surface area contributed by atoms with E-state index in [0.29, 0.717) is 0 Å². The van der Waals surface area contributed by atoms with Gasteiger partial charge in [0.15, 0.2) is 11.5 Å². The van der Waals surface area contributed by atoms with E-state index in [9.17, 15) is 0 Å². The van der Waals surface area contributed by atoms with Gasteiger partial charge in [-0.1, -0.05) is 12.1 Å². The Balaban J connectivity index is 2.48. The maximum absolute atomic E-state index is 5.65. The smallest absolute Gasteiger partial charge is 0.307 e. The molecule has 0 fully saturated rings. The van der Waals surface area contributed by atoms with Crippen LogP contribution in [0.4, 0.5) is 0 Å². The molecule has 0 spiro atoms. The summed E-state index contributed by atoms with van der Waals surface area (Å²) in [6.07, 6.45) is 0. The minimum Gasteiger partial charge on any atom is -0.436 e. The van der Waals surface area contributed by atoms with Crippen molar-refractivity contribution in [2.75, 3.05) is 0 Å². The van der Waals surface area contributed by atoms with Gasteiger partial charge in [-0.15, -0.1) is 0 Å². The van der Waals surface area contributed by atoms with Crippen molar-refractivity contribution in [3.05, 3.63) is 23.8 Å². The number of para-hydroxylation sites is 1. The van der Waals surface area contributed by atoms with Crippen molar-refractivity contribution in [3.8, 4) is 11.5 Å². The number of hydrogen-bond acceptors (Lipinski definition) is 3. The van der Waals surface area contributed by atoms with Crippen LogP contribution in [0.3, 0.4) is 0 Å². The SMILES string of the molecule is Cc1cccc2c1OC(C)(N)O2. The minimum atomic E-state index is -1.01. The van der Waals surface area contributed by atoms with Crippen LogP contribution >= 0.6 is 0 Å². The summed E-state index contributed by atoms with van der Waals surface area (Å²) in [7, 11) is 0. The highest BCUT2D eigenvalue weighted by Crippen LogP contribution is 2.39. The Morgan fingerprint density at radius 3 is 2.75 bits per heavy atom. The van der Waals surface area contributed by atoms with Gasteiger partial charge in [-0.3, -0.25) is 5.73 Å². The molecule has 0 bridgehead atoms. The van der Waals surface area contributed by atoms with E-state index < -0.39 is 5.91 Å². The number of fused-ring (bicyclic) bond motifs is 1. The van der Waals surface area contributed by atoms with Gasteiger partial charge in [0, 0.05) is 6.92 Å². The van der Waals surface area contributed by atoms with Crippen LogP contribution < -0.4 is 15.2 Å². The molecule has 0 amide bonds. The first-order valence-electron chi connectivity index (χ1n) is 3.85. The Morgan fingerprint density at radius 2 is 2.08 bits per heavy atom. The quantitative estimate of drug-likeness (QED) is 0.632. The Labute approximate surface area is 71.1 Å². The van der Waals surface area contributed by atoms with E-state index in [4.69, 9.17) is 15.2 Å². The summed E-state index contributed by atoms with van der Waals surface area (Å²) in [4.78, 5) is 0. The maximum atomic E-state index is 5.65. The first-order valence-corrected chi connectivity index (χ1v) is 3.85. The molecule has 0 aromatic heterocycles. The summed E-state index contributed by atoms with van der Waals surface area (Å²) in [5, 5.41) is 0. The van der Waals surface area contributed by atoms with Crippen molar-refractivity contribution in [1.82, 2.24) is 0 Å². The highest BCUT2D eigenvalue weighted by molar-refractivity contribution is 5.48. The predicted octanol–water partition coefficient (Wildman–Crippen LogP) is 1.40. The van der Waals surface area contributed by atoms with Crippen molar-refractivity contribution >= 4 is 0 Å². The van der Waals surface area contributed by atoms with Crippen molar-refractivity contribution < 1.29 is 9.47 Å². The molecule has 3 nitrogen and oxygen atoms in total. The third kappa shape index (κ3) is 1.02. The van der Waals surface area contributed by atoms with Crippen LogP contribution in [-0.4, -0.2) is 5.91 Å². The molecule has 3 heteroatoms. The first-order chi connectivity index (χ1) is 5.58. The Kier molecular flexibility index (Phi) is 1.32. The van der Waals surface area contributed by atoms with Crippen molar-refractivity contribution in [3.63, 3.8) is 0 Å². The van der Waals surface area contributed by atoms with Crippen LogP contribution in [0, 0.1) is 6.92 Å². The fraction of sp³-hybridized carbons (Fsp3) is 0.333. The van der Waals surface area contributed by atoms with Gasteiger partial charge in [0.25, 0.3) is 0 Å². The average molecular weight is 165 g/mol. The zero-order chi connectivity index (χ0) is 8.77. The predicted molar refractivity (Wildman–Crippen MR) is 45.0 cm³/mol. The lowest BCUT2D eigenvalue weighted by Gasteiger charge is -2.15. The molecule has 0 aliphatic carbocycles. The molecule has 64 valence electrons. The van der Waals surface area contributed by atoms with Crippen LogP contribution in [0.25, 0.3) is 0 Å². The van der Waals surface area contributed by atoms with E-state index in [0.717, 1.165) is 17.1 Å². The summed E-state index contributed by atoms with van der Waals surface area (Å²) < 4.78 is 10.7. The Morgan fingerprint density at radius 1 is 1.33 bits per heavy atom. The molecule has 1 aliphatic heterocycles. The lowest BCUT2D eigenvalue weighted by atomic mass is 10.2. The van der Waals surface area contributed by atoms with E-state index in [2.05, 4.69) is 0 Å². The minimum absolute atomic E-state index is 0.722. The molecule has 1 aromatic rings. The van der Waals surface area contributed by atoms with Gasteiger partial charge in [0.05, 0.1) is 0 Å². The number of benzene rings is 1. The van der Waals surface area contributed by atoms with E-state index in [1.54, 1.807) is 6.92 Å². The van der Waals surface area contributed by atoms with E-state index in [1.165, 1.54) is 0 Å². The highest BCUT2D eigenvalue weighted by Gasteiger charge is 2.33. The molecule has 1 atom stereocenters. The highest BCUT2D eigenvalue weighted by atomic mass is 16.7. The van der Waals surface area contributed by atoms with Crippen molar-refractivity contribution in [1.29, 1.82) is 0 Å². The summed E-state index contributed by atoms with van der Waals surface area (Å²) >= 11 is 0. The monoisotopic (exact) mass is 165 g/mol. The normalized spacial score (nSPS) is 25.9. The molecule has 0 saturated carbocycles. The zero-order valence-corrected chi connectivity index (χ0v) is 7.13. The summed E-state index contributed by atoms with van der Waals surface area (Å²) in [6.45, 7) is 3.65. The second-order valence-corrected chi connectivity index (χ2v) is 3.12. The van der Waals surface area contributed by atoms with Gasteiger partial charge in [-0.25, -0.2) is 0 Å². The van der Waals surface area contributed by atoms with Crippen LogP contribution in [-0.2, 0) is 0 Å². The lowest BCUT2D eigenvalue weighted by molar-refractivity contribution is -0.0554. The van der Waals surface area contributed by atoms with E-state index >= 15 is 0 Å². The van der Waals surface area contributed by atoms with Crippen LogP contribution in [0.15, 0.2) is 18.2 Å². The fourth-order valence-electron chi connectivity index (χ4n) is 1.28. The molecule has 1 heterocycles. The summed E-state index contributed by atoms with van der Waals surface area (Å²) in [6, 6.07) is 5.73. The second kappa shape index (κ2) is 2.14. The second-order valence-electron chi connectivity index (χ2n) is 3.12. The molecule has 1 aromatic carbocycles. The molecular formula is C9H11NO2. The number of ether oxygens (including phenoxy) is 2. The van der Waals surface area contributed by atoms with Gasteiger partial charge in [0.2, 0.25) is 0 Å². The van der Waals surface area contributed by atoms with Gasteiger partial charge >= 0.3 is 5.91 Å². The number of hydrogen-bond donors (Lipinski definition) is 1. The standard InChI is InChI=1S/C9H11NO2/c1-6-4-3-5-7-8(6)12-9(2,10)11-7/h3-5H,10H2,1-2H3. The average Bonchev–Trinajstić information content (AvgIpc) is 2.25. The van der Waals surface area contributed by atoms with Crippen LogP contribution in [0.2, 0.25) is 0 Å². The zero-order valence-electron chi connectivity index (χ0n) is 7.13. The van der Waals surface area contributed by atoms with Crippen LogP contribution in [0.1, 0.15) is 12.5 Å². The van der Waals surface area contributed by atoms with E-state index in [-0.39, 0.29) is 0 Å². The number of nitrogens with two attached hydrogens (primary N) is 1. The molecule has 0 radical (unpaired) electrons. The molecule has 2 N–H and O–H groups in total. The molecule has 1 aliphatic rings. The summed E-state index contributed by atoms with van der Waals surface area (Å²) in [5.74, 6) is 0.469. The van der Waals surface area contributed by atoms with Gasteiger partial charge in [0.1, 0.15) is 0 Å². The number of aryl methyl sites for hydroxylation is 1. The third-order valence-corrected chi connectivity index (χ3v) is 1.79. The van der Waals surface area contributed by atoms with Gasteiger partial charge < -0.3 is 9.47 Å². The molecule has 1 unspecified atom stereocenters. The topological polar surface area (TPSA) is 44.5 Å². The molecule has 0 saturated heterocycles. The third-order valence-electron chi connectivity index (χ3n) is 1.79. The van der Waals surface area contributed by atoms with Gasteiger partial charge in [-0.2, -0.15) is 0 Å². The molecule has 12 heavy (non-hydrogen) atoms. The lowest BCUT2D eigenvalue weighted by Crippen LogP contribution is -2.44. The van der Waals surface area contributed by atoms with Crippen LogP contribution in [0.5, 0.6) is 11.5 Å². The Bertz CT molecular complexity index is 320. The Hall–Kier alpha value is -1.22. The summed E-state index contributed by atoms with van der Waals surface area (Å²) in [5.41, 5.74) is 6.70. The first kappa shape index (κ1) is 7.43. The largest absolute Gasteiger partial charge is 0.436 e. The molecule has 2 rings (SSSR count). The van der Waals surface area contributed by atoms with Crippen molar-refractivity contribution in [2.24, 2.45) is 5.73 Å². The number of rotatable bonds is 0. The fourth-order valence-corrected chi connectivity index (χ4v) is 1.28. The van der Waals surface area contributed by atoms with Crippen molar-refractivity contribution in [2.45, 2.75) is 19.8 Å².